The van der Waals surface area contributed by atoms with Crippen molar-refractivity contribution in [2.75, 3.05) is 6.61 Å². The molecule has 34 heavy (non-hydrogen) atoms. The molecule has 3 aromatic heterocycles. The van der Waals surface area contributed by atoms with Crippen molar-refractivity contribution in [1.29, 1.82) is 5.26 Å². The lowest BCUT2D eigenvalue weighted by Crippen LogP contribution is -2.10. The van der Waals surface area contributed by atoms with Crippen LogP contribution in [0.2, 0.25) is 4.34 Å². The lowest BCUT2D eigenvalue weighted by atomic mass is 10.1. The van der Waals surface area contributed by atoms with Crippen molar-refractivity contribution in [1.82, 2.24) is 15.0 Å². The number of nitrogens with one attached hydrogen (secondary N) is 1. The number of aromatic amines is 1. The van der Waals surface area contributed by atoms with Gasteiger partial charge in [0, 0.05) is 5.39 Å². The van der Waals surface area contributed by atoms with Crippen molar-refractivity contribution in [3.05, 3.63) is 88.2 Å². The lowest BCUT2D eigenvalue weighted by Gasteiger charge is -2.10. The molecule has 3 heterocycles. The summed E-state index contributed by atoms with van der Waals surface area (Å²) in [6.07, 6.45) is 0. The van der Waals surface area contributed by atoms with Gasteiger partial charge in [0.15, 0.2) is 11.6 Å². The van der Waals surface area contributed by atoms with Gasteiger partial charge in [-0.05, 0) is 36.4 Å². The summed E-state index contributed by atoms with van der Waals surface area (Å²) in [5, 5.41) is 20.7. The molecule has 0 aliphatic heterocycles. The van der Waals surface area contributed by atoms with E-state index >= 15 is 0 Å². The van der Waals surface area contributed by atoms with E-state index in [-0.39, 0.29) is 11.4 Å². The standard InChI is InChI=1S/C25H15ClN4O3S/c26-23-10-9-22(34-23)20-11-15(14-5-1-2-6-17(14)28-20)25(32)33-13-21(31)16(12-27)24-29-18-7-3-4-8-19(18)30-24/h1-11,31H,13H2,(H,29,30)/b21-16-. The van der Waals surface area contributed by atoms with Crippen LogP contribution in [-0.4, -0.2) is 32.6 Å². The minimum Gasteiger partial charge on any atom is -0.507 e. The highest BCUT2D eigenvalue weighted by molar-refractivity contribution is 7.19. The Morgan fingerprint density at radius 1 is 1.09 bits per heavy atom. The molecule has 0 fully saturated rings. The maximum absolute atomic E-state index is 13.0. The van der Waals surface area contributed by atoms with E-state index in [0.717, 1.165) is 10.4 Å². The third-order valence-electron chi connectivity index (χ3n) is 5.13. The molecule has 0 saturated heterocycles. The minimum atomic E-state index is -0.657. The molecule has 166 valence electrons. The number of rotatable bonds is 5. The Hall–Kier alpha value is -4.19. The van der Waals surface area contributed by atoms with E-state index in [2.05, 4.69) is 15.0 Å². The summed E-state index contributed by atoms with van der Waals surface area (Å²) in [4.78, 5) is 25.8. The largest absolute Gasteiger partial charge is 0.507 e. The molecule has 7 nitrogen and oxygen atoms in total. The summed E-state index contributed by atoms with van der Waals surface area (Å²) in [6, 6.07) is 21.6. The molecule has 0 atom stereocenters. The number of thiophene rings is 1. The number of aliphatic hydroxyl groups is 1. The van der Waals surface area contributed by atoms with Crippen LogP contribution in [0.5, 0.6) is 0 Å². The Morgan fingerprint density at radius 3 is 2.59 bits per heavy atom. The second-order valence-electron chi connectivity index (χ2n) is 7.29. The second-order valence-corrected chi connectivity index (χ2v) is 9.00. The number of imidazole rings is 1. The van der Waals surface area contributed by atoms with Crippen molar-refractivity contribution in [2.24, 2.45) is 0 Å². The Labute approximate surface area is 202 Å². The fourth-order valence-corrected chi connectivity index (χ4v) is 4.54. The third-order valence-corrected chi connectivity index (χ3v) is 6.38. The highest BCUT2D eigenvalue weighted by Crippen LogP contribution is 2.32. The molecule has 0 amide bonds. The van der Waals surface area contributed by atoms with Crippen LogP contribution in [0.3, 0.4) is 0 Å². The van der Waals surface area contributed by atoms with Crippen molar-refractivity contribution < 1.29 is 14.6 Å². The van der Waals surface area contributed by atoms with Crippen LogP contribution < -0.4 is 0 Å². The second kappa shape index (κ2) is 8.98. The van der Waals surface area contributed by atoms with Gasteiger partial charge in [0.2, 0.25) is 0 Å². The predicted molar refractivity (Wildman–Crippen MR) is 132 cm³/mol. The number of halogens is 1. The highest BCUT2D eigenvalue weighted by atomic mass is 35.5. The number of nitriles is 1. The van der Waals surface area contributed by atoms with Crippen molar-refractivity contribution in [3.63, 3.8) is 0 Å². The first-order valence-corrected chi connectivity index (χ1v) is 11.3. The predicted octanol–water partition coefficient (Wildman–Crippen LogP) is 6.14. The number of hydrogen-bond donors (Lipinski definition) is 2. The minimum absolute atomic E-state index is 0.0995. The first-order valence-electron chi connectivity index (χ1n) is 10.1. The van der Waals surface area contributed by atoms with E-state index < -0.39 is 18.3 Å². The maximum atomic E-state index is 13.0. The molecule has 5 aromatic rings. The number of nitrogens with zero attached hydrogens (tertiary/aromatic N) is 3. The number of carbonyl (C=O) groups excluding carboxylic acids is 1. The van der Waals surface area contributed by atoms with Crippen LogP contribution in [-0.2, 0) is 4.74 Å². The number of fused-ring (bicyclic) bond motifs is 2. The van der Waals surface area contributed by atoms with Gasteiger partial charge < -0.3 is 14.8 Å². The normalized spacial score (nSPS) is 11.9. The molecule has 0 unspecified atom stereocenters. The van der Waals surface area contributed by atoms with Gasteiger partial charge in [-0.25, -0.2) is 14.8 Å². The molecule has 9 heteroatoms. The van der Waals surface area contributed by atoms with Crippen LogP contribution in [0.1, 0.15) is 16.2 Å². The zero-order valence-electron chi connectivity index (χ0n) is 17.4. The van der Waals surface area contributed by atoms with Crippen LogP contribution in [0, 0.1) is 11.3 Å². The van der Waals surface area contributed by atoms with Crippen molar-refractivity contribution >= 4 is 56.4 Å². The number of benzene rings is 2. The number of hydrogen-bond acceptors (Lipinski definition) is 7. The molecule has 0 bridgehead atoms. The SMILES string of the molecule is N#C/C(=C(/O)COC(=O)c1cc(-c2ccc(Cl)s2)nc2ccccc12)c1nc2ccccc2[nH]1. The Bertz CT molecular complexity index is 1600. The lowest BCUT2D eigenvalue weighted by molar-refractivity contribution is 0.0505. The summed E-state index contributed by atoms with van der Waals surface area (Å²) in [5.74, 6) is -0.863. The van der Waals surface area contributed by atoms with Gasteiger partial charge in [0.25, 0.3) is 0 Å². The molecule has 0 spiro atoms. The Morgan fingerprint density at radius 2 is 1.85 bits per heavy atom. The quantitative estimate of drug-likeness (QED) is 0.175. The fourth-order valence-electron chi connectivity index (χ4n) is 3.53. The van der Waals surface area contributed by atoms with E-state index in [1.54, 1.807) is 36.4 Å². The molecule has 2 aromatic carbocycles. The summed E-state index contributed by atoms with van der Waals surface area (Å²) in [7, 11) is 0. The van der Waals surface area contributed by atoms with Gasteiger partial charge in [0.05, 0.1) is 37.0 Å². The maximum Gasteiger partial charge on any atom is 0.339 e. The number of carbonyl (C=O) groups is 1. The topological polar surface area (TPSA) is 112 Å². The summed E-state index contributed by atoms with van der Waals surface area (Å²) in [5.41, 5.74) is 2.77. The number of aromatic nitrogens is 3. The first-order chi connectivity index (χ1) is 16.5. The van der Waals surface area contributed by atoms with Gasteiger partial charge in [-0.2, -0.15) is 5.26 Å². The molecule has 0 aliphatic rings. The number of pyridine rings is 1. The first kappa shape index (κ1) is 21.6. The molecular formula is C25H15ClN4O3S. The van der Waals surface area contributed by atoms with Crippen LogP contribution in [0.4, 0.5) is 0 Å². The Kier molecular flexibility index (Phi) is 5.72. The van der Waals surface area contributed by atoms with E-state index in [1.807, 2.05) is 36.4 Å². The van der Waals surface area contributed by atoms with Gasteiger partial charge in [-0.3, -0.25) is 0 Å². The number of allylic oxidation sites excluding steroid dienone is 1. The fraction of sp³-hybridized carbons (Fsp3) is 0.0400. The smallest absolute Gasteiger partial charge is 0.339 e. The average molecular weight is 487 g/mol. The van der Waals surface area contributed by atoms with Crippen LogP contribution in [0.15, 0.2) is 72.5 Å². The average Bonchev–Trinajstić information content (AvgIpc) is 3.48. The zero-order chi connectivity index (χ0) is 23.7. The summed E-state index contributed by atoms with van der Waals surface area (Å²) >= 11 is 7.42. The molecule has 0 aliphatic carbocycles. The van der Waals surface area contributed by atoms with Gasteiger partial charge in [-0.15, -0.1) is 11.3 Å². The summed E-state index contributed by atoms with van der Waals surface area (Å²) < 4.78 is 5.99. The molecule has 2 N–H and O–H groups in total. The molecular weight excluding hydrogens is 472 g/mol. The van der Waals surface area contributed by atoms with E-state index in [9.17, 15) is 15.2 Å². The van der Waals surface area contributed by atoms with E-state index in [1.165, 1.54) is 11.3 Å². The number of ether oxygens (including phenoxy) is 1. The Balaban J connectivity index is 1.45. The summed E-state index contributed by atoms with van der Waals surface area (Å²) in [6.45, 7) is -0.490. The molecule has 0 radical (unpaired) electrons. The van der Waals surface area contributed by atoms with Crippen molar-refractivity contribution in [2.45, 2.75) is 0 Å². The zero-order valence-corrected chi connectivity index (χ0v) is 19.0. The van der Waals surface area contributed by atoms with E-state index in [0.29, 0.717) is 32.0 Å². The monoisotopic (exact) mass is 486 g/mol. The third kappa shape index (κ3) is 4.10. The molecule has 0 saturated carbocycles. The number of H-pyrrole nitrogens is 1. The van der Waals surface area contributed by atoms with Gasteiger partial charge in [0.1, 0.15) is 18.2 Å². The number of aliphatic hydroxyl groups excluding tert-OH is 1. The van der Waals surface area contributed by atoms with Gasteiger partial charge >= 0.3 is 5.97 Å². The number of esters is 1. The van der Waals surface area contributed by atoms with E-state index in [4.69, 9.17) is 16.3 Å². The highest BCUT2D eigenvalue weighted by Gasteiger charge is 2.19. The number of para-hydroxylation sites is 3. The van der Waals surface area contributed by atoms with Gasteiger partial charge in [-0.1, -0.05) is 41.9 Å². The van der Waals surface area contributed by atoms with Crippen LogP contribution in [0.25, 0.3) is 38.1 Å². The van der Waals surface area contributed by atoms with Crippen molar-refractivity contribution in [3.8, 4) is 16.6 Å². The van der Waals surface area contributed by atoms with Crippen LogP contribution >= 0.6 is 22.9 Å². The molecule has 5 rings (SSSR count).